The summed E-state index contributed by atoms with van der Waals surface area (Å²) < 4.78 is 1.95. The highest BCUT2D eigenvalue weighted by Gasteiger charge is 2.16. The van der Waals surface area contributed by atoms with E-state index in [9.17, 15) is 0 Å². The highest BCUT2D eigenvalue weighted by Crippen LogP contribution is 2.32. The van der Waals surface area contributed by atoms with Gasteiger partial charge in [0, 0.05) is 17.4 Å². The molecule has 0 bridgehead atoms. The molecule has 2 N–H and O–H groups in total. The van der Waals surface area contributed by atoms with E-state index in [-0.39, 0.29) is 0 Å². The fourth-order valence-corrected chi connectivity index (χ4v) is 2.37. The van der Waals surface area contributed by atoms with Gasteiger partial charge in [-0.05, 0) is 35.7 Å². The first kappa shape index (κ1) is 11.8. The van der Waals surface area contributed by atoms with Crippen molar-refractivity contribution >= 4 is 11.2 Å². The molecule has 1 aromatic carbocycles. The Morgan fingerprint density at radius 2 is 1.79 bits per heavy atom. The number of nitrogen functional groups attached to an aromatic ring is 1. The van der Waals surface area contributed by atoms with Crippen LogP contribution in [0.15, 0.2) is 48.7 Å². The molecule has 0 saturated carbocycles. The van der Waals surface area contributed by atoms with Crippen LogP contribution in [0.5, 0.6) is 0 Å². The summed E-state index contributed by atoms with van der Waals surface area (Å²) in [6.07, 6.45) is 1.99. The quantitative estimate of drug-likeness (QED) is 0.706. The van der Waals surface area contributed by atoms with E-state index in [1.165, 1.54) is 11.1 Å². The van der Waals surface area contributed by atoms with Gasteiger partial charge in [0.25, 0.3) is 0 Å². The monoisotopic (exact) mass is 251 g/mol. The molecule has 0 spiro atoms. The zero-order valence-corrected chi connectivity index (χ0v) is 11.2. The molecule has 3 nitrogen and oxygen atoms in total. The van der Waals surface area contributed by atoms with E-state index in [2.05, 4.69) is 32.0 Å². The lowest BCUT2D eigenvalue weighted by Gasteiger charge is -2.06. The number of hydrogen-bond acceptors (Lipinski definition) is 2. The van der Waals surface area contributed by atoms with Crippen LogP contribution in [0.4, 0.5) is 5.69 Å². The van der Waals surface area contributed by atoms with Crippen molar-refractivity contribution in [1.82, 2.24) is 9.61 Å². The van der Waals surface area contributed by atoms with Crippen molar-refractivity contribution in [2.45, 2.75) is 19.8 Å². The van der Waals surface area contributed by atoms with Crippen molar-refractivity contribution in [3.05, 3.63) is 54.4 Å². The highest BCUT2D eigenvalue weighted by molar-refractivity contribution is 5.83. The van der Waals surface area contributed by atoms with Crippen LogP contribution in [-0.2, 0) is 0 Å². The molecule has 2 aromatic heterocycles. The average Bonchev–Trinajstić information content (AvgIpc) is 2.79. The van der Waals surface area contributed by atoms with E-state index in [4.69, 9.17) is 10.8 Å². The first-order valence-electron chi connectivity index (χ1n) is 6.50. The van der Waals surface area contributed by atoms with Gasteiger partial charge in [-0.15, -0.1) is 0 Å². The maximum Gasteiger partial charge on any atom is 0.0743 e. The number of nitrogens with two attached hydrogens (primary N) is 1. The lowest BCUT2D eigenvalue weighted by molar-refractivity contribution is 0.790. The molecule has 0 atom stereocenters. The fourth-order valence-electron chi connectivity index (χ4n) is 2.37. The smallest absolute Gasteiger partial charge is 0.0743 e. The Hall–Kier alpha value is -2.29. The predicted molar refractivity (Wildman–Crippen MR) is 79.1 cm³/mol. The lowest BCUT2D eigenvalue weighted by atomic mass is 9.98. The summed E-state index contributed by atoms with van der Waals surface area (Å²) >= 11 is 0. The van der Waals surface area contributed by atoms with Crippen LogP contribution >= 0.6 is 0 Å². The van der Waals surface area contributed by atoms with E-state index in [1.54, 1.807) is 0 Å². The summed E-state index contributed by atoms with van der Waals surface area (Å²) in [5.41, 5.74) is 11.2. The van der Waals surface area contributed by atoms with Crippen molar-refractivity contribution in [1.29, 1.82) is 0 Å². The molecule has 3 rings (SSSR count). The summed E-state index contributed by atoms with van der Waals surface area (Å²) in [6.45, 7) is 4.34. The zero-order chi connectivity index (χ0) is 13.4. The number of anilines is 1. The van der Waals surface area contributed by atoms with Crippen LogP contribution < -0.4 is 5.73 Å². The maximum absolute atomic E-state index is 5.77. The molecule has 0 amide bonds. The molecule has 0 unspecified atom stereocenters. The molecule has 19 heavy (non-hydrogen) atoms. The van der Waals surface area contributed by atoms with Gasteiger partial charge >= 0.3 is 0 Å². The molecule has 0 aliphatic heterocycles. The van der Waals surface area contributed by atoms with E-state index < -0.39 is 0 Å². The Bertz CT molecular complexity index is 708. The minimum Gasteiger partial charge on any atom is -0.399 e. The summed E-state index contributed by atoms with van der Waals surface area (Å²) in [4.78, 5) is 0. The van der Waals surface area contributed by atoms with E-state index >= 15 is 0 Å². The highest BCUT2D eigenvalue weighted by atomic mass is 15.2. The summed E-state index contributed by atoms with van der Waals surface area (Å²) in [5, 5.41) is 4.70. The van der Waals surface area contributed by atoms with Gasteiger partial charge in [0.15, 0.2) is 0 Å². The maximum atomic E-state index is 5.77. The molecule has 0 aliphatic carbocycles. The standard InChI is InChI=1S/C16H17N3/c1-11(2)16-15(12-6-8-13(17)9-7-12)14-5-3-4-10-19(14)18-16/h3-11H,17H2,1-2H3. The Balaban J connectivity index is 2.31. The van der Waals surface area contributed by atoms with Crippen LogP contribution in [0.1, 0.15) is 25.5 Å². The molecule has 0 aliphatic rings. The Labute approximate surface area is 112 Å². The first-order chi connectivity index (χ1) is 9.16. The molecule has 0 saturated heterocycles. The number of fused-ring (bicyclic) bond motifs is 1. The topological polar surface area (TPSA) is 43.3 Å². The molecule has 0 fully saturated rings. The zero-order valence-electron chi connectivity index (χ0n) is 11.2. The van der Waals surface area contributed by atoms with Crippen molar-refractivity contribution < 1.29 is 0 Å². The normalized spacial score (nSPS) is 11.3. The second kappa shape index (κ2) is 4.43. The van der Waals surface area contributed by atoms with Crippen molar-refractivity contribution in [3.63, 3.8) is 0 Å². The van der Waals surface area contributed by atoms with Gasteiger partial charge in [0.1, 0.15) is 0 Å². The summed E-state index contributed by atoms with van der Waals surface area (Å²) in [5.74, 6) is 0.382. The third-order valence-electron chi connectivity index (χ3n) is 3.31. The van der Waals surface area contributed by atoms with Crippen molar-refractivity contribution in [3.8, 4) is 11.1 Å². The van der Waals surface area contributed by atoms with Crippen molar-refractivity contribution in [2.24, 2.45) is 0 Å². The van der Waals surface area contributed by atoms with Gasteiger partial charge in [-0.25, -0.2) is 4.52 Å². The van der Waals surface area contributed by atoms with Crippen LogP contribution in [0, 0.1) is 0 Å². The Morgan fingerprint density at radius 1 is 1.05 bits per heavy atom. The SMILES string of the molecule is CC(C)c1nn2ccccc2c1-c1ccc(N)cc1. The second-order valence-electron chi connectivity index (χ2n) is 5.07. The number of hydrogen-bond donors (Lipinski definition) is 1. The summed E-state index contributed by atoms with van der Waals surface area (Å²) in [6, 6.07) is 14.1. The predicted octanol–water partition coefficient (Wildman–Crippen LogP) is 3.71. The van der Waals surface area contributed by atoms with E-state index in [0.717, 1.165) is 16.9 Å². The summed E-state index contributed by atoms with van der Waals surface area (Å²) in [7, 11) is 0. The molecule has 2 heterocycles. The number of benzene rings is 1. The number of nitrogens with zero attached hydrogens (tertiary/aromatic N) is 2. The molecule has 3 aromatic rings. The average molecular weight is 251 g/mol. The van der Waals surface area contributed by atoms with Gasteiger partial charge in [-0.3, -0.25) is 0 Å². The first-order valence-corrected chi connectivity index (χ1v) is 6.50. The molecule has 3 heteroatoms. The van der Waals surface area contributed by atoms with Crippen molar-refractivity contribution in [2.75, 3.05) is 5.73 Å². The van der Waals surface area contributed by atoms with Gasteiger partial charge in [0.05, 0.1) is 11.2 Å². The minimum atomic E-state index is 0.382. The number of rotatable bonds is 2. The third kappa shape index (κ3) is 1.97. The molecule has 96 valence electrons. The minimum absolute atomic E-state index is 0.382. The van der Waals surface area contributed by atoms with Crippen LogP contribution in [0.2, 0.25) is 0 Å². The number of aromatic nitrogens is 2. The van der Waals surface area contributed by atoms with Gasteiger partial charge in [-0.2, -0.15) is 5.10 Å². The molecular formula is C16H17N3. The Morgan fingerprint density at radius 3 is 2.47 bits per heavy atom. The second-order valence-corrected chi connectivity index (χ2v) is 5.07. The van der Waals surface area contributed by atoms with E-state index in [1.807, 2.05) is 35.0 Å². The van der Waals surface area contributed by atoms with Gasteiger partial charge in [-0.1, -0.05) is 32.0 Å². The third-order valence-corrected chi connectivity index (χ3v) is 3.31. The number of pyridine rings is 1. The molecule has 0 radical (unpaired) electrons. The molecular weight excluding hydrogens is 234 g/mol. The largest absolute Gasteiger partial charge is 0.399 e. The van der Waals surface area contributed by atoms with Gasteiger partial charge < -0.3 is 5.73 Å². The van der Waals surface area contributed by atoms with E-state index in [0.29, 0.717) is 5.92 Å². The van der Waals surface area contributed by atoms with Crippen LogP contribution in [0.25, 0.3) is 16.6 Å². The van der Waals surface area contributed by atoms with Gasteiger partial charge in [0.2, 0.25) is 0 Å². The Kier molecular flexibility index (Phi) is 2.75. The lowest BCUT2D eigenvalue weighted by Crippen LogP contribution is -1.92. The fraction of sp³-hybridized carbons (Fsp3) is 0.188. The van der Waals surface area contributed by atoms with Crippen LogP contribution in [-0.4, -0.2) is 9.61 Å². The van der Waals surface area contributed by atoms with Crippen LogP contribution in [0.3, 0.4) is 0 Å².